The van der Waals surface area contributed by atoms with E-state index >= 15 is 0 Å². The zero-order valence-electron chi connectivity index (χ0n) is 6.27. The van der Waals surface area contributed by atoms with Crippen LogP contribution in [0.4, 0.5) is 0 Å². The molecule has 1 aliphatic rings. The Balaban J connectivity index is 2.22. The van der Waals surface area contributed by atoms with Gasteiger partial charge >= 0.3 is 0 Å². The number of hydrogen-bond donors (Lipinski definition) is 0. The molecule has 0 aromatic rings. The normalized spacial score (nSPS) is 35.3. The smallest absolute Gasteiger partial charge is 0.0378 e. The topological polar surface area (TPSA) is 0 Å². The highest BCUT2D eigenvalue weighted by Gasteiger charge is 2.21. The van der Waals surface area contributed by atoms with Crippen molar-refractivity contribution >= 4 is 9.24 Å². The maximum Gasteiger partial charge on any atom is -0.0378 e. The lowest BCUT2D eigenvalue weighted by molar-refractivity contribution is 0.410. The summed E-state index contributed by atoms with van der Waals surface area (Å²) in [5.74, 6) is 2.08. The van der Waals surface area contributed by atoms with Crippen LogP contribution in [0, 0.1) is 11.8 Å². The van der Waals surface area contributed by atoms with E-state index in [1.54, 1.807) is 0 Å². The molecule has 3 atom stereocenters. The third-order valence-corrected chi connectivity index (χ3v) is 2.91. The zero-order valence-corrected chi connectivity index (χ0v) is 7.42. The van der Waals surface area contributed by atoms with E-state index < -0.39 is 0 Å². The summed E-state index contributed by atoms with van der Waals surface area (Å²) in [6.45, 7) is 2.40. The van der Waals surface area contributed by atoms with Gasteiger partial charge < -0.3 is 0 Å². The van der Waals surface area contributed by atoms with Crippen molar-refractivity contribution in [2.45, 2.75) is 32.6 Å². The van der Waals surface area contributed by atoms with Crippen LogP contribution < -0.4 is 0 Å². The van der Waals surface area contributed by atoms with Crippen molar-refractivity contribution in [2.24, 2.45) is 11.8 Å². The minimum absolute atomic E-state index is 1.02. The SMILES string of the molecule is CC1CCCC1CCP. The first kappa shape index (κ1) is 7.54. The third kappa shape index (κ3) is 1.93. The van der Waals surface area contributed by atoms with Crippen LogP contribution in [0.25, 0.3) is 0 Å². The molecular formula is C8H17P. The van der Waals surface area contributed by atoms with E-state index in [0.717, 1.165) is 11.8 Å². The highest BCUT2D eigenvalue weighted by Crippen LogP contribution is 2.33. The minimum atomic E-state index is 1.02. The Labute approximate surface area is 60.6 Å². The Morgan fingerprint density at radius 3 is 2.67 bits per heavy atom. The van der Waals surface area contributed by atoms with Gasteiger partial charge in [-0.3, -0.25) is 0 Å². The van der Waals surface area contributed by atoms with Gasteiger partial charge in [-0.1, -0.05) is 26.2 Å². The minimum Gasteiger partial charge on any atom is -0.138 e. The molecule has 1 rings (SSSR count). The Bertz CT molecular complexity index is 80.6. The van der Waals surface area contributed by atoms with Gasteiger partial charge in [0.15, 0.2) is 0 Å². The molecule has 0 aliphatic heterocycles. The summed E-state index contributed by atoms with van der Waals surface area (Å²) in [5.41, 5.74) is 0. The molecule has 3 unspecified atom stereocenters. The van der Waals surface area contributed by atoms with Crippen molar-refractivity contribution in [3.63, 3.8) is 0 Å². The van der Waals surface area contributed by atoms with Crippen LogP contribution >= 0.6 is 9.24 Å². The molecule has 0 heterocycles. The summed E-state index contributed by atoms with van der Waals surface area (Å²) in [6.07, 6.45) is 7.20. The first-order valence-electron chi connectivity index (χ1n) is 4.04. The van der Waals surface area contributed by atoms with Gasteiger partial charge in [0.05, 0.1) is 0 Å². The molecule has 0 nitrogen and oxygen atoms in total. The maximum absolute atomic E-state index is 2.83. The molecule has 1 saturated carbocycles. The molecule has 0 aromatic heterocycles. The molecule has 0 aromatic carbocycles. The second-order valence-corrected chi connectivity index (χ2v) is 3.82. The van der Waals surface area contributed by atoms with Crippen molar-refractivity contribution < 1.29 is 0 Å². The van der Waals surface area contributed by atoms with Crippen molar-refractivity contribution in [3.8, 4) is 0 Å². The molecule has 9 heavy (non-hydrogen) atoms. The lowest BCUT2D eigenvalue weighted by atomic mass is 9.96. The summed E-state index contributed by atoms with van der Waals surface area (Å²) in [7, 11) is 2.83. The Kier molecular flexibility index (Phi) is 2.98. The van der Waals surface area contributed by atoms with Crippen LogP contribution in [0.5, 0.6) is 0 Å². The molecule has 54 valence electrons. The van der Waals surface area contributed by atoms with Crippen LogP contribution in [0.15, 0.2) is 0 Å². The number of hydrogen-bond acceptors (Lipinski definition) is 0. The van der Waals surface area contributed by atoms with Crippen LogP contribution in [0.2, 0.25) is 0 Å². The molecule has 0 spiro atoms. The molecule has 1 aliphatic carbocycles. The van der Waals surface area contributed by atoms with Gasteiger partial charge in [-0.25, -0.2) is 0 Å². The highest BCUT2D eigenvalue weighted by molar-refractivity contribution is 7.16. The van der Waals surface area contributed by atoms with Gasteiger partial charge in [-0.15, -0.1) is 9.24 Å². The van der Waals surface area contributed by atoms with E-state index in [2.05, 4.69) is 16.2 Å². The summed E-state index contributed by atoms with van der Waals surface area (Å²) in [6, 6.07) is 0. The summed E-state index contributed by atoms with van der Waals surface area (Å²) in [5, 5.41) is 0. The van der Waals surface area contributed by atoms with E-state index in [-0.39, 0.29) is 0 Å². The fourth-order valence-corrected chi connectivity index (χ4v) is 2.29. The van der Waals surface area contributed by atoms with Crippen molar-refractivity contribution in [3.05, 3.63) is 0 Å². The molecule has 0 saturated heterocycles. The van der Waals surface area contributed by atoms with Crippen molar-refractivity contribution in [1.82, 2.24) is 0 Å². The van der Waals surface area contributed by atoms with Gasteiger partial charge in [0.1, 0.15) is 0 Å². The second-order valence-electron chi connectivity index (χ2n) is 3.25. The quantitative estimate of drug-likeness (QED) is 0.523. The largest absolute Gasteiger partial charge is 0.138 e. The van der Waals surface area contributed by atoms with Gasteiger partial charge in [0, 0.05) is 0 Å². The van der Waals surface area contributed by atoms with E-state index in [4.69, 9.17) is 0 Å². The Morgan fingerprint density at radius 2 is 2.22 bits per heavy atom. The zero-order chi connectivity index (χ0) is 6.69. The fourth-order valence-electron chi connectivity index (χ4n) is 1.87. The van der Waals surface area contributed by atoms with Crippen molar-refractivity contribution in [1.29, 1.82) is 0 Å². The number of rotatable bonds is 2. The van der Waals surface area contributed by atoms with Crippen LogP contribution in [-0.2, 0) is 0 Å². The average Bonchev–Trinajstić information content (AvgIpc) is 2.18. The summed E-state index contributed by atoms with van der Waals surface area (Å²) >= 11 is 0. The monoisotopic (exact) mass is 144 g/mol. The first-order valence-corrected chi connectivity index (χ1v) is 4.86. The van der Waals surface area contributed by atoms with E-state index in [1.807, 2.05) is 0 Å². The Morgan fingerprint density at radius 1 is 1.44 bits per heavy atom. The van der Waals surface area contributed by atoms with Crippen LogP contribution in [0.1, 0.15) is 32.6 Å². The van der Waals surface area contributed by atoms with Crippen molar-refractivity contribution in [2.75, 3.05) is 6.16 Å². The molecule has 0 bridgehead atoms. The maximum atomic E-state index is 2.83. The molecular weight excluding hydrogens is 127 g/mol. The van der Waals surface area contributed by atoms with E-state index in [9.17, 15) is 0 Å². The molecule has 0 amide bonds. The molecule has 0 N–H and O–H groups in total. The van der Waals surface area contributed by atoms with Gasteiger partial charge in [-0.2, -0.15) is 0 Å². The van der Waals surface area contributed by atoms with Crippen LogP contribution in [0.3, 0.4) is 0 Å². The van der Waals surface area contributed by atoms with Gasteiger partial charge in [-0.05, 0) is 24.4 Å². The highest BCUT2D eigenvalue weighted by atomic mass is 31.0. The molecule has 1 heteroatoms. The molecule has 1 fully saturated rings. The van der Waals surface area contributed by atoms with Crippen LogP contribution in [-0.4, -0.2) is 6.16 Å². The molecule has 0 radical (unpaired) electrons. The van der Waals surface area contributed by atoms with Gasteiger partial charge in [0.25, 0.3) is 0 Å². The predicted octanol–water partition coefficient (Wildman–Crippen LogP) is 2.69. The summed E-state index contributed by atoms with van der Waals surface area (Å²) in [4.78, 5) is 0. The second kappa shape index (κ2) is 3.56. The average molecular weight is 144 g/mol. The standard InChI is InChI=1S/C8H17P/c1-7-3-2-4-8(7)5-6-9/h7-8H,2-6,9H2,1H3. The Hall–Kier alpha value is 0.430. The lowest BCUT2D eigenvalue weighted by Gasteiger charge is -2.12. The lowest BCUT2D eigenvalue weighted by Crippen LogP contribution is -2.03. The van der Waals surface area contributed by atoms with Gasteiger partial charge in [0.2, 0.25) is 0 Å². The first-order chi connectivity index (χ1) is 4.34. The van der Waals surface area contributed by atoms with E-state index in [1.165, 1.54) is 31.8 Å². The fraction of sp³-hybridized carbons (Fsp3) is 1.00. The predicted molar refractivity (Wildman–Crippen MR) is 45.7 cm³/mol. The third-order valence-electron chi connectivity index (χ3n) is 2.58. The van der Waals surface area contributed by atoms with E-state index in [0.29, 0.717) is 0 Å². The summed E-state index contributed by atoms with van der Waals surface area (Å²) < 4.78 is 0.